The summed E-state index contributed by atoms with van der Waals surface area (Å²) in [5, 5.41) is 22.8. The van der Waals surface area contributed by atoms with Crippen LogP contribution in [0.3, 0.4) is 0 Å². The summed E-state index contributed by atoms with van der Waals surface area (Å²) in [6.45, 7) is 1.65. The van der Waals surface area contributed by atoms with Crippen molar-refractivity contribution in [2.75, 3.05) is 20.1 Å². The predicted molar refractivity (Wildman–Crippen MR) is 141 cm³/mol. The molecule has 1 saturated carbocycles. The molecule has 2 aliphatic heterocycles. The first-order valence-corrected chi connectivity index (χ1v) is 13.0. The second kappa shape index (κ2) is 8.43. The van der Waals surface area contributed by atoms with Crippen LogP contribution in [-0.2, 0) is 0 Å². The van der Waals surface area contributed by atoms with E-state index in [0.717, 1.165) is 65.0 Å². The zero-order valence-corrected chi connectivity index (χ0v) is 20.8. The monoisotopic (exact) mass is 494 g/mol. The first-order valence-electron chi connectivity index (χ1n) is 13.0. The molecule has 4 aromatic rings. The number of benzene rings is 3. The van der Waals surface area contributed by atoms with Crippen molar-refractivity contribution in [3.8, 4) is 17.0 Å². The van der Waals surface area contributed by atoms with Gasteiger partial charge in [0.15, 0.2) is 0 Å². The maximum Gasteiger partial charge on any atom is 0.251 e. The van der Waals surface area contributed by atoms with Crippen LogP contribution in [0.5, 0.6) is 5.75 Å². The Bertz CT molecular complexity index is 1490. The third-order valence-corrected chi connectivity index (χ3v) is 8.01. The zero-order chi connectivity index (χ0) is 25.1. The van der Waals surface area contributed by atoms with Gasteiger partial charge in [-0.15, -0.1) is 0 Å². The number of aromatic nitrogens is 2. The quantitative estimate of drug-likeness (QED) is 0.377. The molecule has 1 saturated heterocycles. The number of carbonyl (C=O) groups excluding carboxylic acids is 1. The molecule has 7 rings (SSSR count). The lowest BCUT2D eigenvalue weighted by Crippen LogP contribution is -2.65. The Hall–Kier alpha value is -3.68. The molecule has 1 aromatic heterocycles. The van der Waals surface area contributed by atoms with E-state index in [1.165, 1.54) is 0 Å². The molecule has 1 spiro atoms. The van der Waals surface area contributed by atoms with E-state index in [4.69, 9.17) is 4.74 Å². The molecule has 3 aliphatic rings. The molecule has 0 bridgehead atoms. The molecule has 3 N–H and O–H groups in total. The SMILES string of the molecule is CN1CC2(CC(O)c3cc(-c4n[nH]c5ccc(C(=O)NC(c6ccccc6)C6CC6)cc45)ccc3O2)C1. The largest absolute Gasteiger partial charge is 0.484 e. The van der Waals surface area contributed by atoms with Gasteiger partial charge >= 0.3 is 0 Å². The van der Waals surface area contributed by atoms with Crippen LogP contribution in [0.25, 0.3) is 22.2 Å². The van der Waals surface area contributed by atoms with E-state index in [9.17, 15) is 9.90 Å². The summed E-state index contributed by atoms with van der Waals surface area (Å²) in [5.41, 5.74) is 4.75. The molecule has 2 fully saturated rings. The molecule has 188 valence electrons. The van der Waals surface area contributed by atoms with Crippen LogP contribution in [-0.4, -0.2) is 51.8 Å². The molecular weight excluding hydrogens is 464 g/mol. The van der Waals surface area contributed by atoms with Crippen LogP contribution in [0, 0.1) is 5.92 Å². The number of aliphatic hydroxyl groups excluding tert-OH is 1. The molecule has 1 amide bonds. The van der Waals surface area contributed by atoms with Gasteiger partial charge in [-0.25, -0.2) is 0 Å². The number of nitrogens with zero attached hydrogens (tertiary/aromatic N) is 2. The molecular formula is C30H30N4O3. The Kier molecular flexibility index (Phi) is 5.13. The second-order valence-corrected chi connectivity index (χ2v) is 11.0. The number of fused-ring (bicyclic) bond motifs is 2. The van der Waals surface area contributed by atoms with Crippen molar-refractivity contribution in [1.82, 2.24) is 20.4 Å². The molecule has 3 heterocycles. The third kappa shape index (κ3) is 3.99. The minimum absolute atomic E-state index is 0.0223. The van der Waals surface area contributed by atoms with E-state index < -0.39 is 6.10 Å². The van der Waals surface area contributed by atoms with Crippen molar-refractivity contribution in [1.29, 1.82) is 0 Å². The molecule has 7 nitrogen and oxygen atoms in total. The first-order chi connectivity index (χ1) is 18.0. The van der Waals surface area contributed by atoms with E-state index in [1.54, 1.807) is 0 Å². The fraction of sp³-hybridized carbons (Fsp3) is 0.333. The smallest absolute Gasteiger partial charge is 0.251 e. The average molecular weight is 495 g/mol. The van der Waals surface area contributed by atoms with Crippen LogP contribution < -0.4 is 10.1 Å². The van der Waals surface area contributed by atoms with E-state index in [0.29, 0.717) is 17.9 Å². The summed E-state index contributed by atoms with van der Waals surface area (Å²) >= 11 is 0. The number of hydrogen-bond acceptors (Lipinski definition) is 5. The van der Waals surface area contributed by atoms with Gasteiger partial charge in [0.05, 0.1) is 23.4 Å². The highest BCUT2D eigenvalue weighted by molar-refractivity contribution is 6.01. The summed E-state index contributed by atoms with van der Waals surface area (Å²) in [6.07, 6.45) is 2.27. The van der Waals surface area contributed by atoms with Crippen LogP contribution in [0.4, 0.5) is 0 Å². The van der Waals surface area contributed by atoms with Gasteiger partial charge in [-0.1, -0.05) is 30.3 Å². The van der Waals surface area contributed by atoms with E-state index >= 15 is 0 Å². The molecule has 0 radical (unpaired) electrons. The minimum atomic E-state index is -0.582. The van der Waals surface area contributed by atoms with Crippen molar-refractivity contribution < 1.29 is 14.6 Å². The number of nitrogens with one attached hydrogen (secondary N) is 2. The lowest BCUT2D eigenvalue weighted by molar-refractivity contribution is -0.106. The van der Waals surface area contributed by atoms with Crippen molar-refractivity contribution in [2.45, 2.75) is 37.0 Å². The Labute approximate surface area is 215 Å². The number of rotatable bonds is 5. The van der Waals surface area contributed by atoms with Gasteiger partial charge in [0.25, 0.3) is 5.91 Å². The number of hydrogen-bond donors (Lipinski definition) is 3. The number of amides is 1. The highest BCUT2D eigenvalue weighted by atomic mass is 16.5. The number of aliphatic hydroxyl groups is 1. The predicted octanol–water partition coefficient (Wildman–Crippen LogP) is 4.61. The standard InChI is InChI=1S/C30H30N4O3/c1-34-16-30(17-34)15-25(35)23-13-20(10-12-26(23)37-30)28-22-14-21(9-11-24(22)32-33-28)29(36)31-27(19-7-8-19)18-5-3-2-4-6-18/h2-6,9-14,19,25,27,35H,7-8,15-17H2,1H3,(H,31,36)(H,32,33). The van der Waals surface area contributed by atoms with Gasteiger partial charge in [-0.3, -0.25) is 14.8 Å². The lowest BCUT2D eigenvalue weighted by atomic mass is 9.83. The fourth-order valence-corrected chi connectivity index (χ4v) is 6.08. The van der Waals surface area contributed by atoms with Crippen LogP contribution in [0.15, 0.2) is 66.7 Å². The number of ether oxygens (including phenoxy) is 1. The summed E-state index contributed by atoms with van der Waals surface area (Å²) in [6, 6.07) is 21.8. The average Bonchev–Trinajstić information content (AvgIpc) is 3.65. The van der Waals surface area contributed by atoms with E-state index in [2.05, 4.69) is 39.6 Å². The van der Waals surface area contributed by atoms with Crippen molar-refractivity contribution >= 4 is 16.8 Å². The van der Waals surface area contributed by atoms with Crippen LogP contribution in [0.2, 0.25) is 0 Å². The Morgan fingerprint density at radius 3 is 2.70 bits per heavy atom. The van der Waals surface area contributed by atoms with Gasteiger partial charge < -0.3 is 15.2 Å². The van der Waals surface area contributed by atoms with E-state index in [-0.39, 0.29) is 17.6 Å². The Morgan fingerprint density at radius 2 is 1.95 bits per heavy atom. The number of likely N-dealkylation sites (tertiary alicyclic amines) is 1. The minimum Gasteiger partial charge on any atom is -0.484 e. The summed E-state index contributed by atoms with van der Waals surface area (Å²) < 4.78 is 6.32. The third-order valence-electron chi connectivity index (χ3n) is 8.01. The lowest BCUT2D eigenvalue weighted by Gasteiger charge is -2.51. The van der Waals surface area contributed by atoms with Gasteiger partial charge in [0.2, 0.25) is 0 Å². The van der Waals surface area contributed by atoms with Crippen molar-refractivity contribution in [3.05, 3.63) is 83.4 Å². The van der Waals surface area contributed by atoms with Gasteiger partial charge in [-0.2, -0.15) is 5.10 Å². The van der Waals surface area contributed by atoms with Crippen LogP contribution >= 0.6 is 0 Å². The molecule has 7 heteroatoms. The summed E-state index contributed by atoms with van der Waals surface area (Å²) in [5.74, 6) is 1.14. The van der Waals surface area contributed by atoms with Crippen molar-refractivity contribution in [2.24, 2.45) is 5.92 Å². The molecule has 2 unspecified atom stereocenters. The number of carbonyl (C=O) groups is 1. The molecule has 37 heavy (non-hydrogen) atoms. The number of aromatic amines is 1. The molecule has 3 aromatic carbocycles. The first kappa shape index (κ1) is 22.5. The second-order valence-electron chi connectivity index (χ2n) is 11.0. The Morgan fingerprint density at radius 1 is 1.14 bits per heavy atom. The highest BCUT2D eigenvalue weighted by Gasteiger charge is 2.48. The van der Waals surface area contributed by atoms with Gasteiger partial charge in [0.1, 0.15) is 11.4 Å². The van der Waals surface area contributed by atoms with Gasteiger partial charge in [-0.05, 0) is 67.8 Å². The number of likely N-dealkylation sites (N-methyl/N-ethyl adjacent to an activating group) is 1. The normalized spacial score (nSPS) is 21.2. The molecule has 1 aliphatic carbocycles. The number of H-pyrrole nitrogens is 1. The van der Waals surface area contributed by atoms with E-state index in [1.807, 2.05) is 54.6 Å². The Balaban J connectivity index is 1.18. The van der Waals surface area contributed by atoms with Crippen molar-refractivity contribution in [3.63, 3.8) is 0 Å². The summed E-state index contributed by atoms with van der Waals surface area (Å²) in [4.78, 5) is 15.5. The zero-order valence-electron chi connectivity index (χ0n) is 20.8. The highest BCUT2D eigenvalue weighted by Crippen LogP contribution is 2.45. The topological polar surface area (TPSA) is 90.5 Å². The fourth-order valence-electron chi connectivity index (χ4n) is 6.08. The van der Waals surface area contributed by atoms with Gasteiger partial charge in [0, 0.05) is 41.6 Å². The molecule has 2 atom stereocenters. The maximum absolute atomic E-state index is 13.3. The summed E-state index contributed by atoms with van der Waals surface area (Å²) in [7, 11) is 2.06. The van der Waals surface area contributed by atoms with Crippen LogP contribution in [0.1, 0.15) is 52.9 Å². The maximum atomic E-state index is 13.3.